The van der Waals surface area contributed by atoms with Crippen LogP contribution in [0.4, 0.5) is 4.39 Å². The molecule has 0 radical (unpaired) electrons. The molecule has 2 heterocycles. The Morgan fingerprint density at radius 1 is 1.35 bits per heavy atom. The van der Waals surface area contributed by atoms with Crippen LogP contribution in [0.1, 0.15) is 37.0 Å². The number of halogens is 1. The predicted molar refractivity (Wildman–Crippen MR) is 67.5 cm³/mol. The smallest absolute Gasteiger partial charge is 0.339 e. The fraction of sp³-hybridized carbons (Fsp3) is 0.385. The van der Waals surface area contributed by atoms with Crippen LogP contribution in [0.5, 0.6) is 0 Å². The summed E-state index contributed by atoms with van der Waals surface area (Å²) in [7, 11) is 1.21. The molecule has 20 heavy (non-hydrogen) atoms. The second-order valence-electron chi connectivity index (χ2n) is 5.21. The van der Waals surface area contributed by atoms with Crippen molar-refractivity contribution < 1.29 is 18.3 Å². The predicted octanol–water partition coefficient (Wildman–Crippen LogP) is 2.35. The van der Waals surface area contributed by atoms with Gasteiger partial charge in [-0.3, -0.25) is 0 Å². The lowest BCUT2D eigenvalue weighted by Crippen LogP contribution is -2.11. The van der Waals surface area contributed by atoms with Crippen molar-refractivity contribution in [2.75, 3.05) is 7.11 Å². The van der Waals surface area contributed by atoms with Crippen molar-refractivity contribution in [2.24, 2.45) is 0 Å². The lowest BCUT2D eigenvalue weighted by atomic mass is 9.97. The summed E-state index contributed by atoms with van der Waals surface area (Å²) in [5.41, 5.74) is -0.418. The van der Waals surface area contributed by atoms with E-state index in [4.69, 9.17) is 4.42 Å². The van der Waals surface area contributed by atoms with Gasteiger partial charge in [0.25, 0.3) is 5.89 Å². The van der Waals surface area contributed by atoms with E-state index in [1.165, 1.54) is 13.3 Å². The molecule has 0 spiro atoms. The van der Waals surface area contributed by atoms with Gasteiger partial charge in [0.1, 0.15) is 0 Å². The molecule has 0 unspecified atom stereocenters. The zero-order chi connectivity index (χ0) is 14.9. The Kier molecular flexibility index (Phi) is 3.52. The third-order valence-corrected chi connectivity index (χ3v) is 2.53. The molecule has 106 valence electrons. The van der Waals surface area contributed by atoms with Crippen molar-refractivity contribution in [2.45, 2.75) is 26.2 Å². The van der Waals surface area contributed by atoms with Gasteiger partial charge >= 0.3 is 5.97 Å². The molecule has 0 aliphatic carbocycles. The number of rotatable bonds is 2. The van der Waals surface area contributed by atoms with Gasteiger partial charge in [0.2, 0.25) is 5.89 Å². The molecule has 2 rings (SSSR count). The van der Waals surface area contributed by atoms with Crippen molar-refractivity contribution in [1.29, 1.82) is 0 Å². The van der Waals surface area contributed by atoms with Crippen molar-refractivity contribution in [3.05, 3.63) is 29.5 Å². The van der Waals surface area contributed by atoms with Crippen LogP contribution in [0, 0.1) is 5.82 Å². The molecule has 0 atom stereocenters. The second-order valence-corrected chi connectivity index (χ2v) is 5.21. The molecule has 0 fully saturated rings. The van der Waals surface area contributed by atoms with E-state index in [1.54, 1.807) is 0 Å². The Balaban J connectivity index is 2.39. The third-order valence-electron chi connectivity index (χ3n) is 2.53. The highest BCUT2D eigenvalue weighted by Crippen LogP contribution is 2.25. The number of pyridine rings is 1. The largest absolute Gasteiger partial charge is 0.465 e. The molecule has 0 saturated heterocycles. The lowest BCUT2D eigenvalue weighted by Gasteiger charge is -2.10. The second kappa shape index (κ2) is 4.99. The molecular formula is C13H14FN3O3. The van der Waals surface area contributed by atoms with Crippen LogP contribution in [-0.2, 0) is 10.2 Å². The van der Waals surface area contributed by atoms with E-state index in [2.05, 4.69) is 19.9 Å². The van der Waals surface area contributed by atoms with E-state index in [-0.39, 0.29) is 22.6 Å². The van der Waals surface area contributed by atoms with Crippen LogP contribution >= 0.6 is 0 Å². The summed E-state index contributed by atoms with van der Waals surface area (Å²) in [4.78, 5) is 15.1. The number of hydrogen-bond donors (Lipinski definition) is 0. The molecule has 6 nitrogen and oxygen atoms in total. The highest BCUT2D eigenvalue weighted by atomic mass is 19.1. The van der Waals surface area contributed by atoms with E-state index < -0.39 is 11.8 Å². The number of esters is 1. The molecule has 7 heteroatoms. The minimum atomic E-state index is -0.725. The van der Waals surface area contributed by atoms with Gasteiger partial charge < -0.3 is 9.15 Å². The summed E-state index contributed by atoms with van der Waals surface area (Å²) >= 11 is 0. The number of methoxy groups -OCH3 is 1. The van der Waals surface area contributed by atoms with Crippen molar-refractivity contribution >= 4 is 5.97 Å². The standard InChI is InChI=1S/C13H14FN3O3/c1-13(2,3)12-17-16-10(20-12)9-8(14)5-7(6-15-9)11(18)19-4/h5-6H,1-4H3. The normalized spacial score (nSPS) is 11.4. The SMILES string of the molecule is COC(=O)c1cnc(-c2nnc(C(C)(C)C)o2)c(F)c1. The number of ether oxygens (including phenoxy) is 1. The first-order valence-corrected chi connectivity index (χ1v) is 5.91. The maximum absolute atomic E-state index is 13.9. The third kappa shape index (κ3) is 2.66. The van der Waals surface area contributed by atoms with Gasteiger partial charge in [-0.25, -0.2) is 14.2 Å². The number of carbonyl (C=O) groups is 1. The molecule has 2 aromatic heterocycles. The van der Waals surface area contributed by atoms with Crippen LogP contribution < -0.4 is 0 Å². The van der Waals surface area contributed by atoms with E-state index >= 15 is 0 Å². The van der Waals surface area contributed by atoms with Crippen molar-refractivity contribution in [3.8, 4) is 11.6 Å². The summed E-state index contributed by atoms with van der Waals surface area (Å²) in [5.74, 6) is -1.03. The maximum atomic E-state index is 13.9. The van der Waals surface area contributed by atoms with Gasteiger partial charge in [-0.1, -0.05) is 20.8 Å². The number of hydrogen-bond acceptors (Lipinski definition) is 6. The van der Waals surface area contributed by atoms with E-state index in [0.29, 0.717) is 5.89 Å². The minimum Gasteiger partial charge on any atom is -0.465 e. The molecule has 0 aromatic carbocycles. The van der Waals surface area contributed by atoms with Crippen molar-refractivity contribution in [1.82, 2.24) is 15.2 Å². The summed E-state index contributed by atoms with van der Waals surface area (Å²) in [6.45, 7) is 5.69. The summed E-state index contributed by atoms with van der Waals surface area (Å²) in [6.07, 6.45) is 1.20. The monoisotopic (exact) mass is 279 g/mol. The first-order chi connectivity index (χ1) is 9.32. The molecule has 0 aliphatic rings. The molecule has 0 bridgehead atoms. The van der Waals surface area contributed by atoms with Crippen LogP contribution in [0.15, 0.2) is 16.7 Å². The quantitative estimate of drug-likeness (QED) is 0.785. The highest BCUT2D eigenvalue weighted by Gasteiger charge is 2.24. The fourth-order valence-electron chi connectivity index (χ4n) is 1.45. The lowest BCUT2D eigenvalue weighted by molar-refractivity contribution is 0.0599. The van der Waals surface area contributed by atoms with Gasteiger partial charge in [-0.15, -0.1) is 10.2 Å². The van der Waals surface area contributed by atoms with Crippen LogP contribution in [0.2, 0.25) is 0 Å². The van der Waals surface area contributed by atoms with Gasteiger partial charge in [0, 0.05) is 11.6 Å². The highest BCUT2D eigenvalue weighted by molar-refractivity contribution is 5.89. The first kappa shape index (κ1) is 14.1. The summed E-state index contributed by atoms with van der Waals surface area (Å²) in [6, 6.07) is 1.02. The zero-order valence-electron chi connectivity index (χ0n) is 11.6. The Bertz CT molecular complexity index is 647. The molecule has 0 saturated carbocycles. The Labute approximate surface area is 115 Å². The van der Waals surface area contributed by atoms with E-state index in [0.717, 1.165) is 6.07 Å². The maximum Gasteiger partial charge on any atom is 0.339 e. The number of nitrogens with zero attached hydrogens (tertiary/aromatic N) is 3. The van der Waals surface area contributed by atoms with Gasteiger partial charge in [0.05, 0.1) is 12.7 Å². The molecular weight excluding hydrogens is 265 g/mol. The van der Waals surface area contributed by atoms with Gasteiger partial charge in [-0.05, 0) is 6.07 Å². The van der Waals surface area contributed by atoms with Gasteiger partial charge in [0.15, 0.2) is 11.5 Å². The average molecular weight is 279 g/mol. The molecule has 2 aromatic rings. The summed E-state index contributed by atoms with van der Waals surface area (Å²) < 4.78 is 23.8. The molecule has 0 N–H and O–H groups in total. The Morgan fingerprint density at radius 2 is 2.05 bits per heavy atom. The summed E-state index contributed by atoms with van der Waals surface area (Å²) in [5, 5.41) is 7.64. The van der Waals surface area contributed by atoms with Crippen LogP contribution in [0.25, 0.3) is 11.6 Å². The number of carbonyl (C=O) groups excluding carboxylic acids is 1. The van der Waals surface area contributed by atoms with E-state index in [1.807, 2.05) is 20.8 Å². The minimum absolute atomic E-state index is 0.0179. The molecule has 0 aliphatic heterocycles. The zero-order valence-corrected chi connectivity index (χ0v) is 11.6. The average Bonchev–Trinajstić information content (AvgIpc) is 2.87. The van der Waals surface area contributed by atoms with Gasteiger partial charge in [-0.2, -0.15) is 0 Å². The number of aromatic nitrogens is 3. The van der Waals surface area contributed by atoms with Crippen molar-refractivity contribution in [3.63, 3.8) is 0 Å². The topological polar surface area (TPSA) is 78.1 Å². The first-order valence-electron chi connectivity index (χ1n) is 5.91. The van der Waals surface area contributed by atoms with E-state index in [9.17, 15) is 9.18 Å². The molecule has 0 amide bonds. The fourth-order valence-corrected chi connectivity index (χ4v) is 1.45. The Hall–Kier alpha value is -2.31. The van der Waals surface area contributed by atoms with Crippen LogP contribution in [-0.4, -0.2) is 28.3 Å². The Morgan fingerprint density at radius 3 is 2.55 bits per heavy atom. The van der Waals surface area contributed by atoms with Crippen LogP contribution in [0.3, 0.4) is 0 Å².